The van der Waals surface area contributed by atoms with Crippen LogP contribution in [0.25, 0.3) is 6.08 Å². The largest absolute Gasteiger partial charge is 0.454 e. The molecule has 0 bridgehead atoms. The van der Waals surface area contributed by atoms with Crippen LogP contribution in [0, 0.1) is 0 Å². The lowest BCUT2D eigenvalue weighted by molar-refractivity contribution is -0.123. The fourth-order valence-corrected chi connectivity index (χ4v) is 3.55. The molecule has 1 fully saturated rings. The van der Waals surface area contributed by atoms with Gasteiger partial charge in [-0.1, -0.05) is 17.7 Å². The molecule has 1 aromatic carbocycles. The maximum Gasteiger partial charge on any atom is 0.293 e. The van der Waals surface area contributed by atoms with Crippen molar-refractivity contribution in [1.82, 2.24) is 9.88 Å². The highest BCUT2D eigenvalue weighted by Crippen LogP contribution is 2.39. The van der Waals surface area contributed by atoms with Crippen LogP contribution in [0.4, 0.5) is 4.79 Å². The number of halogens is 1. The first kappa shape index (κ1) is 16.0. The van der Waals surface area contributed by atoms with Crippen molar-refractivity contribution in [2.24, 2.45) is 0 Å². The molecule has 2 aromatic rings. The van der Waals surface area contributed by atoms with Gasteiger partial charge >= 0.3 is 0 Å². The van der Waals surface area contributed by atoms with Crippen molar-refractivity contribution in [3.05, 3.63) is 57.7 Å². The number of amides is 2. The SMILES string of the molecule is O=C1S/C(=C\c2cccnc2)C(=O)N1Cc1cc2c(cc1Cl)OCO2. The fourth-order valence-electron chi connectivity index (χ4n) is 2.50. The molecule has 4 rings (SSSR count). The normalized spacial score (nSPS) is 17.6. The molecule has 25 heavy (non-hydrogen) atoms. The number of hydrogen-bond acceptors (Lipinski definition) is 6. The van der Waals surface area contributed by atoms with Gasteiger partial charge in [0.2, 0.25) is 6.79 Å². The molecule has 0 N–H and O–H groups in total. The first-order valence-corrected chi connectivity index (χ1v) is 8.54. The number of rotatable bonds is 3. The van der Waals surface area contributed by atoms with Gasteiger partial charge < -0.3 is 9.47 Å². The molecule has 6 nitrogen and oxygen atoms in total. The zero-order chi connectivity index (χ0) is 17.4. The summed E-state index contributed by atoms with van der Waals surface area (Å²) in [5.41, 5.74) is 1.38. The molecule has 0 aliphatic carbocycles. The lowest BCUT2D eigenvalue weighted by Gasteiger charge is -2.14. The third-order valence-corrected chi connectivity index (χ3v) is 4.99. The van der Waals surface area contributed by atoms with E-state index in [1.807, 2.05) is 6.07 Å². The molecule has 0 unspecified atom stereocenters. The summed E-state index contributed by atoms with van der Waals surface area (Å²) < 4.78 is 10.6. The van der Waals surface area contributed by atoms with Gasteiger partial charge in [0.15, 0.2) is 11.5 Å². The average molecular weight is 375 g/mol. The number of carbonyl (C=O) groups excluding carboxylic acids is 2. The van der Waals surface area contributed by atoms with Gasteiger partial charge in [-0.2, -0.15) is 0 Å². The van der Waals surface area contributed by atoms with Crippen molar-refractivity contribution in [1.29, 1.82) is 0 Å². The fraction of sp³-hybridized carbons (Fsp3) is 0.118. The van der Waals surface area contributed by atoms with E-state index in [1.54, 1.807) is 36.7 Å². The van der Waals surface area contributed by atoms with E-state index in [0.717, 1.165) is 22.2 Å². The maximum atomic E-state index is 12.6. The number of pyridine rings is 1. The quantitative estimate of drug-likeness (QED) is 0.763. The van der Waals surface area contributed by atoms with Crippen LogP contribution in [0.2, 0.25) is 5.02 Å². The molecule has 1 aromatic heterocycles. The summed E-state index contributed by atoms with van der Waals surface area (Å²) in [6, 6.07) is 6.90. The van der Waals surface area contributed by atoms with Crippen LogP contribution in [0.5, 0.6) is 11.5 Å². The Morgan fingerprint density at radius 3 is 2.84 bits per heavy atom. The highest BCUT2D eigenvalue weighted by molar-refractivity contribution is 8.18. The predicted molar refractivity (Wildman–Crippen MR) is 93.3 cm³/mol. The van der Waals surface area contributed by atoms with E-state index in [-0.39, 0.29) is 24.5 Å². The Morgan fingerprint density at radius 1 is 1.28 bits per heavy atom. The van der Waals surface area contributed by atoms with Crippen LogP contribution in [0.15, 0.2) is 41.6 Å². The Hall–Kier alpha value is -2.51. The van der Waals surface area contributed by atoms with Gasteiger partial charge in [-0.15, -0.1) is 0 Å². The monoisotopic (exact) mass is 374 g/mol. The number of thioether (sulfide) groups is 1. The minimum atomic E-state index is -0.354. The number of benzene rings is 1. The van der Waals surface area contributed by atoms with E-state index in [0.29, 0.717) is 27.0 Å². The summed E-state index contributed by atoms with van der Waals surface area (Å²) in [5, 5.41) is 0.0772. The smallest absolute Gasteiger partial charge is 0.293 e. The van der Waals surface area contributed by atoms with Crippen LogP contribution >= 0.6 is 23.4 Å². The Balaban J connectivity index is 1.59. The van der Waals surface area contributed by atoms with Gasteiger partial charge in [0.05, 0.1) is 11.4 Å². The van der Waals surface area contributed by atoms with Crippen molar-refractivity contribution >= 4 is 40.6 Å². The Kier molecular flexibility index (Phi) is 4.10. The summed E-state index contributed by atoms with van der Waals surface area (Å²) >= 11 is 7.13. The standard InChI is InChI=1S/C17H11ClN2O4S/c18-12-6-14-13(23-9-24-14)5-11(12)8-20-16(21)15(25-17(20)22)4-10-2-1-3-19-7-10/h1-7H,8-9H2/b15-4-. The highest BCUT2D eigenvalue weighted by atomic mass is 35.5. The molecule has 126 valence electrons. The van der Waals surface area contributed by atoms with E-state index < -0.39 is 0 Å². The molecular formula is C17H11ClN2O4S. The van der Waals surface area contributed by atoms with Gasteiger partial charge in [0, 0.05) is 23.5 Å². The Labute approximate surface area is 152 Å². The molecule has 1 saturated heterocycles. The van der Waals surface area contributed by atoms with Crippen LogP contribution in [-0.4, -0.2) is 27.8 Å². The number of hydrogen-bond donors (Lipinski definition) is 0. The van der Waals surface area contributed by atoms with E-state index in [4.69, 9.17) is 21.1 Å². The first-order chi connectivity index (χ1) is 12.1. The molecule has 3 heterocycles. The van der Waals surface area contributed by atoms with Gasteiger partial charge in [-0.25, -0.2) is 0 Å². The Morgan fingerprint density at radius 2 is 2.08 bits per heavy atom. The third-order valence-electron chi connectivity index (χ3n) is 3.73. The maximum absolute atomic E-state index is 12.6. The van der Waals surface area contributed by atoms with Gasteiger partial charge in [-0.3, -0.25) is 19.5 Å². The average Bonchev–Trinajstić information content (AvgIpc) is 3.15. The molecule has 2 amide bonds. The Bertz CT molecular complexity index is 901. The van der Waals surface area contributed by atoms with Crippen molar-refractivity contribution in [3.63, 3.8) is 0 Å². The lowest BCUT2D eigenvalue weighted by atomic mass is 10.2. The first-order valence-electron chi connectivity index (χ1n) is 7.35. The van der Waals surface area contributed by atoms with E-state index in [9.17, 15) is 9.59 Å². The topological polar surface area (TPSA) is 68.7 Å². The van der Waals surface area contributed by atoms with Gasteiger partial charge in [0.25, 0.3) is 11.1 Å². The van der Waals surface area contributed by atoms with Crippen molar-refractivity contribution in [3.8, 4) is 11.5 Å². The molecule has 2 aliphatic rings. The molecule has 0 radical (unpaired) electrons. The molecule has 0 saturated carbocycles. The van der Waals surface area contributed by atoms with E-state index in [1.165, 1.54) is 0 Å². The molecular weight excluding hydrogens is 364 g/mol. The zero-order valence-electron chi connectivity index (χ0n) is 12.8. The van der Waals surface area contributed by atoms with Crippen molar-refractivity contribution in [2.45, 2.75) is 6.54 Å². The lowest BCUT2D eigenvalue weighted by Crippen LogP contribution is -2.27. The number of aromatic nitrogens is 1. The molecule has 8 heteroatoms. The molecule has 0 atom stereocenters. The van der Waals surface area contributed by atoms with Gasteiger partial charge in [-0.05, 0) is 41.1 Å². The summed E-state index contributed by atoms with van der Waals surface area (Å²) in [6.45, 7) is 0.203. The van der Waals surface area contributed by atoms with Gasteiger partial charge in [0.1, 0.15) is 0 Å². The number of carbonyl (C=O) groups is 2. The molecule has 2 aliphatic heterocycles. The number of fused-ring (bicyclic) bond motifs is 1. The van der Waals surface area contributed by atoms with Crippen molar-refractivity contribution < 1.29 is 19.1 Å². The second kappa shape index (κ2) is 6.42. The predicted octanol–water partition coefficient (Wildman–Crippen LogP) is 3.70. The summed E-state index contributed by atoms with van der Waals surface area (Å²) in [6.07, 6.45) is 4.92. The van der Waals surface area contributed by atoms with Crippen LogP contribution in [0.3, 0.4) is 0 Å². The summed E-state index contributed by atoms with van der Waals surface area (Å²) in [4.78, 5) is 30.3. The number of nitrogens with zero attached hydrogens (tertiary/aromatic N) is 2. The van der Waals surface area contributed by atoms with Crippen LogP contribution < -0.4 is 9.47 Å². The zero-order valence-corrected chi connectivity index (χ0v) is 14.3. The second-order valence-corrected chi connectivity index (χ2v) is 6.75. The van der Waals surface area contributed by atoms with Crippen LogP contribution in [0.1, 0.15) is 11.1 Å². The highest BCUT2D eigenvalue weighted by Gasteiger charge is 2.35. The van der Waals surface area contributed by atoms with Crippen LogP contribution in [-0.2, 0) is 11.3 Å². The second-order valence-electron chi connectivity index (χ2n) is 5.35. The number of imide groups is 1. The van der Waals surface area contributed by atoms with Crippen molar-refractivity contribution in [2.75, 3.05) is 6.79 Å². The minimum Gasteiger partial charge on any atom is -0.454 e. The summed E-state index contributed by atoms with van der Waals surface area (Å²) in [7, 11) is 0. The van der Waals surface area contributed by atoms with E-state index >= 15 is 0 Å². The number of ether oxygens (including phenoxy) is 2. The molecule has 0 spiro atoms. The summed E-state index contributed by atoms with van der Waals surface area (Å²) in [5.74, 6) is 0.754. The third kappa shape index (κ3) is 3.08. The van der Waals surface area contributed by atoms with E-state index in [2.05, 4.69) is 4.98 Å². The minimum absolute atomic E-state index is 0.0739.